The second kappa shape index (κ2) is 8.35. The maximum Gasteiger partial charge on any atom is 0.270 e. The number of fused-ring (bicyclic) bond motifs is 1. The lowest BCUT2D eigenvalue weighted by atomic mass is 9.84. The van der Waals surface area contributed by atoms with Gasteiger partial charge in [0.15, 0.2) is 0 Å². The molecule has 4 rings (SSSR count). The third kappa shape index (κ3) is 4.33. The summed E-state index contributed by atoms with van der Waals surface area (Å²) >= 11 is 0. The molecule has 6 nitrogen and oxygen atoms in total. The number of H-pyrrole nitrogens is 1. The van der Waals surface area contributed by atoms with Gasteiger partial charge in [-0.05, 0) is 55.8 Å². The van der Waals surface area contributed by atoms with Crippen LogP contribution in [0, 0.1) is 10.1 Å². The van der Waals surface area contributed by atoms with Gasteiger partial charge in [0.25, 0.3) is 5.69 Å². The van der Waals surface area contributed by atoms with Crippen LogP contribution in [0.4, 0.5) is 5.69 Å². The zero-order chi connectivity index (χ0) is 20.3. The third-order valence-electron chi connectivity index (χ3n) is 6.13. The second-order valence-corrected chi connectivity index (χ2v) is 8.00. The minimum absolute atomic E-state index is 0.137. The number of aryl methyl sites for hydroxylation is 1. The molecule has 0 unspecified atom stereocenters. The number of aromatic amines is 1. The molecule has 1 saturated heterocycles. The molecule has 0 amide bonds. The van der Waals surface area contributed by atoms with E-state index in [1.165, 1.54) is 6.07 Å². The van der Waals surface area contributed by atoms with E-state index in [0.29, 0.717) is 0 Å². The van der Waals surface area contributed by atoms with Crippen LogP contribution in [0.15, 0.2) is 54.7 Å². The lowest BCUT2D eigenvalue weighted by Crippen LogP contribution is -2.42. The van der Waals surface area contributed by atoms with Crippen molar-refractivity contribution in [1.29, 1.82) is 0 Å². The van der Waals surface area contributed by atoms with Gasteiger partial charge in [-0.25, -0.2) is 0 Å². The molecular weight excluding hydrogens is 366 g/mol. The molecule has 3 aromatic rings. The molecule has 0 atom stereocenters. The molecule has 0 aliphatic carbocycles. The van der Waals surface area contributed by atoms with E-state index in [-0.39, 0.29) is 10.6 Å². The number of likely N-dealkylation sites (tertiary alicyclic amines) is 1. The van der Waals surface area contributed by atoms with Crippen LogP contribution in [0.1, 0.15) is 36.8 Å². The van der Waals surface area contributed by atoms with E-state index in [0.717, 1.165) is 73.8 Å². The van der Waals surface area contributed by atoms with Gasteiger partial charge in [-0.2, -0.15) is 0 Å². The van der Waals surface area contributed by atoms with Gasteiger partial charge < -0.3 is 15.0 Å². The van der Waals surface area contributed by atoms with Crippen molar-refractivity contribution >= 4 is 16.6 Å². The standard InChI is InChI=1S/C23H27N3O3/c27-23(19-7-2-1-3-8-19)11-14-25(15-12-23)13-5-4-6-18-17-24-22-10-9-20(26(28)29)16-21(18)22/h1-3,7-10,16-17,24,27H,4-6,11-15H2. The Morgan fingerprint density at radius 1 is 1.10 bits per heavy atom. The van der Waals surface area contributed by atoms with E-state index < -0.39 is 5.60 Å². The fourth-order valence-corrected chi connectivity index (χ4v) is 4.32. The summed E-state index contributed by atoms with van der Waals surface area (Å²) in [4.78, 5) is 16.3. The summed E-state index contributed by atoms with van der Waals surface area (Å²) in [6, 6.07) is 15.0. The van der Waals surface area contributed by atoms with Gasteiger partial charge in [-0.3, -0.25) is 10.1 Å². The molecule has 152 valence electrons. The lowest BCUT2D eigenvalue weighted by molar-refractivity contribution is -0.384. The Bertz CT molecular complexity index is 975. The van der Waals surface area contributed by atoms with Crippen LogP contribution >= 0.6 is 0 Å². The molecule has 1 aliphatic heterocycles. The van der Waals surface area contributed by atoms with E-state index in [4.69, 9.17) is 0 Å². The molecule has 2 heterocycles. The van der Waals surface area contributed by atoms with Crippen LogP contribution in [0.25, 0.3) is 10.9 Å². The summed E-state index contributed by atoms with van der Waals surface area (Å²) in [5.74, 6) is 0. The van der Waals surface area contributed by atoms with E-state index in [9.17, 15) is 15.2 Å². The number of nitro groups is 1. The number of benzene rings is 2. The van der Waals surface area contributed by atoms with Crippen molar-refractivity contribution in [3.63, 3.8) is 0 Å². The zero-order valence-electron chi connectivity index (χ0n) is 16.5. The predicted octanol–water partition coefficient (Wildman–Crippen LogP) is 4.38. The summed E-state index contributed by atoms with van der Waals surface area (Å²) < 4.78 is 0. The fraction of sp³-hybridized carbons (Fsp3) is 0.391. The SMILES string of the molecule is O=[N+]([O-])c1ccc2[nH]cc(CCCCN3CCC(O)(c4ccccc4)CC3)c2c1. The molecular formula is C23H27N3O3. The highest BCUT2D eigenvalue weighted by atomic mass is 16.6. The molecule has 0 bridgehead atoms. The summed E-state index contributed by atoms with van der Waals surface area (Å²) in [5.41, 5.74) is 2.55. The van der Waals surface area contributed by atoms with Gasteiger partial charge in [0.05, 0.1) is 10.5 Å². The first kappa shape index (κ1) is 19.6. The maximum absolute atomic E-state index is 11.0. The summed E-state index contributed by atoms with van der Waals surface area (Å²) in [6.45, 7) is 2.84. The summed E-state index contributed by atoms with van der Waals surface area (Å²) in [6.07, 6.45) is 6.52. The minimum atomic E-state index is -0.698. The molecule has 0 saturated carbocycles. The van der Waals surface area contributed by atoms with Gasteiger partial charge in [-0.15, -0.1) is 0 Å². The average molecular weight is 393 g/mol. The number of piperidine rings is 1. The predicted molar refractivity (Wildman–Crippen MR) is 114 cm³/mol. The molecule has 6 heteroatoms. The van der Waals surface area contributed by atoms with E-state index in [2.05, 4.69) is 9.88 Å². The van der Waals surface area contributed by atoms with E-state index in [1.54, 1.807) is 12.1 Å². The normalized spacial score (nSPS) is 16.9. The number of aliphatic hydroxyl groups is 1. The smallest absolute Gasteiger partial charge is 0.270 e. The Kier molecular flexibility index (Phi) is 5.65. The van der Waals surface area contributed by atoms with E-state index >= 15 is 0 Å². The molecule has 0 spiro atoms. The highest BCUT2D eigenvalue weighted by molar-refractivity contribution is 5.85. The Labute approximate surface area is 170 Å². The number of rotatable bonds is 7. The minimum Gasteiger partial charge on any atom is -0.385 e. The molecule has 1 aliphatic rings. The zero-order valence-corrected chi connectivity index (χ0v) is 16.5. The lowest BCUT2D eigenvalue weighted by Gasteiger charge is -2.38. The number of aromatic nitrogens is 1. The number of hydrogen-bond donors (Lipinski definition) is 2. The van der Waals surface area contributed by atoms with Crippen molar-refractivity contribution < 1.29 is 10.0 Å². The van der Waals surface area contributed by atoms with Crippen LogP contribution in [0.2, 0.25) is 0 Å². The van der Waals surface area contributed by atoms with Crippen LogP contribution in [-0.4, -0.2) is 39.5 Å². The van der Waals surface area contributed by atoms with Gasteiger partial charge in [0, 0.05) is 42.3 Å². The molecule has 0 radical (unpaired) electrons. The van der Waals surface area contributed by atoms with Gasteiger partial charge in [0.1, 0.15) is 0 Å². The first-order chi connectivity index (χ1) is 14.0. The Hall–Kier alpha value is -2.70. The first-order valence-corrected chi connectivity index (χ1v) is 10.3. The van der Waals surface area contributed by atoms with Crippen LogP contribution in [-0.2, 0) is 12.0 Å². The van der Waals surface area contributed by atoms with Crippen LogP contribution in [0.3, 0.4) is 0 Å². The highest BCUT2D eigenvalue weighted by Gasteiger charge is 2.33. The number of nitro benzene ring substituents is 1. The number of non-ortho nitro benzene ring substituents is 1. The first-order valence-electron chi connectivity index (χ1n) is 10.3. The van der Waals surface area contributed by atoms with Crippen LogP contribution < -0.4 is 0 Å². The molecule has 1 aromatic heterocycles. The van der Waals surface area contributed by atoms with Crippen molar-refractivity contribution in [2.75, 3.05) is 19.6 Å². The number of nitrogens with zero attached hydrogens (tertiary/aromatic N) is 2. The largest absolute Gasteiger partial charge is 0.385 e. The Morgan fingerprint density at radius 2 is 1.86 bits per heavy atom. The van der Waals surface area contributed by atoms with Crippen molar-refractivity contribution in [3.8, 4) is 0 Å². The van der Waals surface area contributed by atoms with Crippen molar-refractivity contribution in [1.82, 2.24) is 9.88 Å². The second-order valence-electron chi connectivity index (χ2n) is 8.00. The van der Waals surface area contributed by atoms with Gasteiger partial charge in [-0.1, -0.05) is 30.3 Å². The monoisotopic (exact) mass is 393 g/mol. The Morgan fingerprint density at radius 3 is 2.59 bits per heavy atom. The highest BCUT2D eigenvalue weighted by Crippen LogP contribution is 2.32. The molecule has 1 fully saturated rings. The average Bonchev–Trinajstić information content (AvgIpc) is 3.15. The van der Waals surface area contributed by atoms with Gasteiger partial charge >= 0.3 is 0 Å². The number of unbranched alkanes of at least 4 members (excludes halogenated alkanes) is 1. The summed E-state index contributed by atoms with van der Waals surface area (Å²) in [5, 5.41) is 22.9. The van der Waals surface area contributed by atoms with Crippen LogP contribution in [0.5, 0.6) is 0 Å². The molecule has 2 N–H and O–H groups in total. The third-order valence-corrected chi connectivity index (χ3v) is 6.13. The molecule has 29 heavy (non-hydrogen) atoms. The van der Waals surface area contributed by atoms with E-state index in [1.807, 2.05) is 36.5 Å². The quantitative estimate of drug-likeness (QED) is 0.354. The van der Waals surface area contributed by atoms with Crippen molar-refractivity contribution in [2.45, 2.75) is 37.7 Å². The van der Waals surface area contributed by atoms with Gasteiger partial charge in [0.2, 0.25) is 0 Å². The topological polar surface area (TPSA) is 82.4 Å². The molecule has 2 aromatic carbocycles. The Balaban J connectivity index is 1.26. The fourth-order valence-electron chi connectivity index (χ4n) is 4.32. The van der Waals surface area contributed by atoms with Crippen molar-refractivity contribution in [3.05, 3.63) is 76.0 Å². The maximum atomic E-state index is 11.0. The van der Waals surface area contributed by atoms with Crippen molar-refractivity contribution in [2.24, 2.45) is 0 Å². The number of nitrogens with one attached hydrogen (secondary N) is 1. The summed E-state index contributed by atoms with van der Waals surface area (Å²) in [7, 11) is 0. The number of hydrogen-bond acceptors (Lipinski definition) is 4.